The largest absolute Gasteiger partial charge is 0.323 e. The van der Waals surface area contributed by atoms with E-state index in [0.717, 1.165) is 0 Å². The Labute approximate surface area is 176 Å². The lowest BCUT2D eigenvalue weighted by molar-refractivity contribution is -0.115. The standard InChI is InChI=1S/C21H18FN5O2S/c1-2-27-19(11-20(29)24-17-6-4-3-5-16(17)22)25-26-21(27)30-13-18(28)15-9-7-14(12-23)8-10-15/h3-10H,2,11,13H2,1H3,(H,24,29). The third-order valence-electron chi connectivity index (χ3n) is 4.24. The number of aromatic nitrogens is 3. The van der Waals surface area contributed by atoms with E-state index in [4.69, 9.17) is 5.26 Å². The highest BCUT2D eigenvalue weighted by Gasteiger charge is 2.17. The van der Waals surface area contributed by atoms with E-state index in [1.165, 1.54) is 23.9 Å². The third-order valence-corrected chi connectivity index (χ3v) is 5.21. The normalized spacial score (nSPS) is 10.4. The first-order chi connectivity index (χ1) is 14.5. The molecule has 1 N–H and O–H groups in total. The molecule has 0 spiro atoms. The number of carbonyl (C=O) groups is 2. The van der Waals surface area contributed by atoms with Crippen LogP contribution < -0.4 is 5.32 Å². The number of carbonyl (C=O) groups excluding carboxylic acids is 2. The molecule has 3 aromatic rings. The second-order valence-corrected chi connectivity index (χ2v) is 7.19. The van der Waals surface area contributed by atoms with Crippen LogP contribution in [-0.4, -0.2) is 32.2 Å². The molecule has 0 saturated carbocycles. The maximum atomic E-state index is 13.7. The Morgan fingerprint density at radius 1 is 1.17 bits per heavy atom. The highest BCUT2D eigenvalue weighted by molar-refractivity contribution is 7.99. The molecule has 1 aromatic heterocycles. The van der Waals surface area contributed by atoms with Crippen molar-refractivity contribution in [3.8, 4) is 6.07 Å². The Kier molecular flexibility index (Phi) is 6.93. The molecule has 1 heterocycles. The highest BCUT2D eigenvalue weighted by Crippen LogP contribution is 2.20. The number of hydrogen-bond donors (Lipinski definition) is 1. The van der Waals surface area contributed by atoms with Crippen LogP contribution in [-0.2, 0) is 17.8 Å². The van der Waals surface area contributed by atoms with Crippen molar-refractivity contribution in [2.45, 2.75) is 25.0 Å². The number of halogens is 1. The lowest BCUT2D eigenvalue weighted by atomic mass is 10.1. The number of para-hydroxylation sites is 1. The van der Waals surface area contributed by atoms with E-state index in [9.17, 15) is 14.0 Å². The molecule has 0 radical (unpaired) electrons. The fraction of sp³-hybridized carbons (Fsp3) is 0.190. The van der Waals surface area contributed by atoms with E-state index < -0.39 is 11.7 Å². The van der Waals surface area contributed by atoms with Crippen molar-refractivity contribution in [1.82, 2.24) is 14.8 Å². The number of nitriles is 1. The van der Waals surface area contributed by atoms with Gasteiger partial charge in [0.25, 0.3) is 0 Å². The molecular formula is C21H18FN5O2S. The number of nitrogens with zero attached hydrogens (tertiary/aromatic N) is 4. The van der Waals surface area contributed by atoms with Crippen molar-refractivity contribution in [2.75, 3.05) is 11.1 Å². The van der Waals surface area contributed by atoms with Gasteiger partial charge in [-0.3, -0.25) is 9.59 Å². The van der Waals surface area contributed by atoms with E-state index in [1.54, 1.807) is 41.0 Å². The number of nitrogens with one attached hydrogen (secondary N) is 1. The van der Waals surface area contributed by atoms with Crippen LogP contribution in [0, 0.1) is 17.1 Å². The number of benzene rings is 2. The van der Waals surface area contributed by atoms with E-state index in [0.29, 0.717) is 28.7 Å². The van der Waals surface area contributed by atoms with Crippen molar-refractivity contribution < 1.29 is 14.0 Å². The van der Waals surface area contributed by atoms with Gasteiger partial charge in [0.2, 0.25) is 5.91 Å². The lowest BCUT2D eigenvalue weighted by Gasteiger charge is -2.08. The van der Waals surface area contributed by atoms with Gasteiger partial charge in [-0.15, -0.1) is 10.2 Å². The first-order valence-corrected chi connectivity index (χ1v) is 10.1. The van der Waals surface area contributed by atoms with Crippen LogP contribution in [0.25, 0.3) is 0 Å². The van der Waals surface area contributed by atoms with Gasteiger partial charge in [-0.2, -0.15) is 5.26 Å². The highest BCUT2D eigenvalue weighted by atomic mass is 32.2. The molecular weight excluding hydrogens is 405 g/mol. The summed E-state index contributed by atoms with van der Waals surface area (Å²) < 4.78 is 15.4. The summed E-state index contributed by atoms with van der Waals surface area (Å²) in [6, 6.07) is 14.4. The maximum Gasteiger partial charge on any atom is 0.232 e. The number of hydrogen-bond acceptors (Lipinski definition) is 6. The summed E-state index contributed by atoms with van der Waals surface area (Å²) in [5.41, 5.74) is 1.10. The van der Waals surface area contributed by atoms with Crippen LogP contribution in [0.5, 0.6) is 0 Å². The molecule has 0 aliphatic rings. The zero-order chi connectivity index (χ0) is 21.5. The first-order valence-electron chi connectivity index (χ1n) is 9.14. The number of thioether (sulfide) groups is 1. The van der Waals surface area contributed by atoms with Gasteiger partial charge < -0.3 is 9.88 Å². The number of Topliss-reactive ketones (excluding diaryl/α,β-unsaturated/α-hetero) is 1. The monoisotopic (exact) mass is 423 g/mol. The Bertz CT molecular complexity index is 1110. The van der Waals surface area contributed by atoms with E-state index >= 15 is 0 Å². The van der Waals surface area contributed by atoms with Crippen LogP contribution in [0.3, 0.4) is 0 Å². The summed E-state index contributed by atoms with van der Waals surface area (Å²) in [5.74, 6) is -0.452. The van der Waals surface area contributed by atoms with Crippen LogP contribution in [0.15, 0.2) is 53.7 Å². The molecule has 9 heteroatoms. The van der Waals surface area contributed by atoms with Gasteiger partial charge in [-0.25, -0.2) is 4.39 Å². The molecule has 2 aromatic carbocycles. The van der Waals surface area contributed by atoms with E-state index in [1.807, 2.05) is 13.0 Å². The fourth-order valence-electron chi connectivity index (χ4n) is 2.72. The van der Waals surface area contributed by atoms with Crippen molar-refractivity contribution >= 4 is 29.1 Å². The minimum Gasteiger partial charge on any atom is -0.323 e. The first kappa shape index (κ1) is 21.2. The lowest BCUT2D eigenvalue weighted by Crippen LogP contribution is -2.18. The molecule has 0 unspecified atom stereocenters. The average molecular weight is 423 g/mol. The van der Waals surface area contributed by atoms with Gasteiger partial charge in [0.15, 0.2) is 10.9 Å². The molecule has 0 aliphatic heterocycles. The predicted molar refractivity (Wildman–Crippen MR) is 111 cm³/mol. The second kappa shape index (κ2) is 9.80. The Hall–Kier alpha value is -3.51. The van der Waals surface area contributed by atoms with E-state index in [-0.39, 0.29) is 23.6 Å². The van der Waals surface area contributed by atoms with Crippen molar-refractivity contribution in [3.05, 3.63) is 71.3 Å². The number of ketones is 1. The van der Waals surface area contributed by atoms with Crippen molar-refractivity contribution in [2.24, 2.45) is 0 Å². The average Bonchev–Trinajstić information content (AvgIpc) is 3.14. The quantitative estimate of drug-likeness (QED) is 0.440. The van der Waals surface area contributed by atoms with Gasteiger partial charge >= 0.3 is 0 Å². The topological polar surface area (TPSA) is 101 Å². The van der Waals surface area contributed by atoms with Gasteiger partial charge in [0.05, 0.1) is 29.5 Å². The van der Waals surface area contributed by atoms with E-state index in [2.05, 4.69) is 15.5 Å². The molecule has 0 saturated heterocycles. The van der Waals surface area contributed by atoms with Crippen molar-refractivity contribution in [3.63, 3.8) is 0 Å². The van der Waals surface area contributed by atoms with Crippen LogP contribution >= 0.6 is 11.8 Å². The van der Waals surface area contributed by atoms with Crippen LogP contribution in [0.2, 0.25) is 0 Å². The molecule has 0 bridgehead atoms. The minimum absolute atomic E-state index is 0.0701. The fourth-order valence-corrected chi connectivity index (χ4v) is 3.63. The van der Waals surface area contributed by atoms with Crippen LogP contribution in [0.1, 0.15) is 28.7 Å². The molecule has 1 amide bonds. The number of amides is 1. The predicted octanol–water partition coefficient (Wildman–Crippen LogP) is 3.46. The summed E-state index contributed by atoms with van der Waals surface area (Å²) >= 11 is 1.22. The number of rotatable bonds is 8. The van der Waals surface area contributed by atoms with Crippen LogP contribution in [0.4, 0.5) is 10.1 Å². The zero-order valence-corrected chi connectivity index (χ0v) is 16.9. The third kappa shape index (κ3) is 5.10. The summed E-state index contributed by atoms with van der Waals surface area (Å²) in [7, 11) is 0. The zero-order valence-electron chi connectivity index (χ0n) is 16.1. The number of anilines is 1. The van der Waals surface area contributed by atoms with Crippen molar-refractivity contribution in [1.29, 1.82) is 5.26 Å². The maximum absolute atomic E-state index is 13.7. The Morgan fingerprint density at radius 2 is 1.90 bits per heavy atom. The SMILES string of the molecule is CCn1c(CC(=O)Nc2ccccc2F)nnc1SCC(=O)c1ccc(C#N)cc1. The molecule has 30 heavy (non-hydrogen) atoms. The summed E-state index contributed by atoms with van der Waals surface area (Å²) in [6.45, 7) is 2.40. The molecule has 0 aliphatic carbocycles. The molecule has 7 nitrogen and oxygen atoms in total. The summed E-state index contributed by atoms with van der Waals surface area (Å²) in [5, 5.41) is 20.0. The Morgan fingerprint density at radius 3 is 2.57 bits per heavy atom. The Balaban J connectivity index is 1.63. The summed E-state index contributed by atoms with van der Waals surface area (Å²) in [4.78, 5) is 24.6. The van der Waals surface area contributed by atoms with Gasteiger partial charge in [-0.1, -0.05) is 36.0 Å². The molecule has 0 atom stereocenters. The summed E-state index contributed by atoms with van der Waals surface area (Å²) in [6.07, 6.45) is -0.0701. The molecule has 0 fully saturated rings. The second-order valence-electron chi connectivity index (χ2n) is 6.25. The van der Waals surface area contributed by atoms with Gasteiger partial charge in [0.1, 0.15) is 11.6 Å². The minimum atomic E-state index is -0.514. The molecule has 3 rings (SSSR count). The van der Waals surface area contributed by atoms with Gasteiger partial charge in [-0.05, 0) is 31.2 Å². The van der Waals surface area contributed by atoms with Gasteiger partial charge in [0, 0.05) is 12.1 Å². The smallest absolute Gasteiger partial charge is 0.232 e. The molecule has 152 valence electrons.